The molecule has 2 aliphatic rings. The Morgan fingerprint density at radius 2 is 1.68 bits per heavy atom. The maximum atomic E-state index is 15.3. The molecule has 2 aliphatic heterocycles. The van der Waals surface area contributed by atoms with Gasteiger partial charge in [0.25, 0.3) is 11.8 Å². The molecule has 1 fully saturated rings. The summed E-state index contributed by atoms with van der Waals surface area (Å²) in [6.45, 7) is -0.462. The van der Waals surface area contributed by atoms with Crippen LogP contribution in [0.4, 0.5) is 30.7 Å². The molecule has 0 spiro atoms. The molecule has 2 heterocycles. The summed E-state index contributed by atoms with van der Waals surface area (Å²) in [5, 5.41) is 3.68. The van der Waals surface area contributed by atoms with Crippen molar-refractivity contribution >= 4 is 23.6 Å². The number of benzene rings is 2. The fourth-order valence-corrected chi connectivity index (χ4v) is 4.20. The van der Waals surface area contributed by atoms with Gasteiger partial charge in [-0.2, -0.15) is 13.2 Å². The normalized spacial score (nSPS) is 18.7. The van der Waals surface area contributed by atoms with Crippen LogP contribution in [-0.2, 0) is 16.1 Å². The second-order valence-corrected chi connectivity index (χ2v) is 8.42. The number of rotatable bonds is 5. The van der Waals surface area contributed by atoms with Crippen molar-refractivity contribution in [3.63, 3.8) is 0 Å². The van der Waals surface area contributed by atoms with Crippen LogP contribution in [0.25, 0.3) is 0 Å². The third kappa shape index (κ3) is 5.40. The highest BCUT2D eigenvalue weighted by Crippen LogP contribution is 2.35. The molecule has 2 aromatic carbocycles. The quantitative estimate of drug-likeness (QED) is 0.441. The van der Waals surface area contributed by atoms with Gasteiger partial charge in [0.15, 0.2) is 6.04 Å². The molecule has 15 heteroatoms. The first kappa shape index (κ1) is 26.9. The van der Waals surface area contributed by atoms with E-state index in [-0.39, 0.29) is 24.0 Å². The number of ether oxygens (including phenoxy) is 1. The Morgan fingerprint density at radius 3 is 2.26 bits per heavy atom. The monoisotopic (exact) mass is 547 g/mol. The van der Waals surface area contributed by atoms with E-state index in [9.17, 15) is 45.5 Å². The Hall–Kier alpha value is -4.17. The summed E-state index contributed by atoms with van der Waals surface area (Å²) in [6, 6.07) is 0.616. The molecule has 38 heavy (non-hydrogen) atoms. The molecule has 0 aromatic heterocycles. The van der Waals surface area contributed by atoms with E-state index in [1.807, 2.05) is 0 Å². The number of carbonyl (C=O) groups excluding carboxylic acids is 4. The standard InChI is InChI=1S/C23H16F7N3O5/c24-17-13(6-5-12-14(17)9-33(21(12)37)15-7-8-16(34)31-20(15)36)19(35)32-18(22(25,26)27)10-1-3-11(4-2-10)38-23(28,29)30/h1-6,15,18H,7-9H2,(H,32,35)(H,31,34,36). The van der Waals surface area contributed by atoms with Crippen LogP contribution in [0.15, 0.2) is 36.4 Å². The van der Waals surface area contributed by atoms with Gasteiger partial charge in [-0.1, -0.05) is 12.1 Å². The van der Waals surface area contributed by atoms with Crippen LogP contribution in [0.2, 0.25) is 0 Å². The minimum absolute atomic E-state index is 0.0145. The van der Waals surface area contributed by atoms with Gasteiger partial charge in [0.05, 0.1) is 12.1 Å². The number of alkyl halides is 6. The Bertz CT molecular complexity index is 1310. The highest BCUT2D eigenvalue weighted by atomic mass is 19.4. The van der Waals surface area contributed by atoms with Crippen molar-refractivity contribution < 1.29 is 54.6 Å². The third-order valence-corrected chi connectivity index (χ3v) is 5.94. The number of hydrogen-bond donors (Lipinski definition) is 2. The molecule has 0 bridgehead atoms. The zero-order chi connectivity index (χ0) is 28.0. The highest BCUT2D eigenvalue weighted by Gasteiger charge is 2.44. The summed E-state index contributed by atoms with van der Waals surface area (Å²) in [5.41, 5.74) is -1.99. The van der Waals surface area contributed by atoms with Crippen molar-refractivity contribution in [3.8, 4) is 5.75 Å². The Kier molecular flexibility index (Phi) is 6.80. The average Bonchev–Trinajstić information content (AvgIpc) is 3.13. The lowest BCUT2D eigenvalue weighted by Gasteiger charge is -2.29. The first-order valence-corrected chi connectivity index (χ1v) is 10.8. The van der Waals surface area contributed by atoms with Gasteiger partial charge in [0.1, 0.15) is 17.6 Å². The lowest BCUT2D eigenvalue weighted by atomic mass is 10.0. The molecule has 8 nitrogen and oxygen atoms in total. The third-order valence-electron chi connectivity index (χ3n) is 5.94. The van der Waals surface area contributed by atoms with Gasteiger partial charge in [-0.05, 0) is 36.2 Å². The Morgan fingerprint density at radius 1 is 1.03 bits per heavy atom. The molecular weight excluding hydrogens is 531 g/mol. The molecule has 4 amide bonds. The van der Waals surface area contributed by atoms with Crippen molar-refractivity contribution in [1.82, 2.24) is 15.5 Å². The molecule has 202 valence electrons. The number of piperidine rings is 1. The number of hydrogen-bond acceptors (Lipinski definition) is 5. The molecule has 4 rings (SSSR count). The maximum Gasteiger partial charge on any atom is 0.573 e. The molecule has 1 saturated heterocycles. The number of amides is 4. The van der Waals surface area contributed by atoms with E-state index in [1.165, 1.54) is 0 Å². The van der Waals surface area contributed by atoms with Gasteiger partial charge >= 0.3 is 12.5 Å². The van der Waals surface area contributed by atoms with Crippen LogP contribution < -0.4 is 15.4 Å². The molecular formula is C23H16F7N3O5. The number of halogens is 7. The van der Waals surface area contributed by atoms with Gasteiger partial charge in [-0.3, -0.25) is 24.5 Å². The Balaban J connectivity index is 1.56. The molecule has 2 atom stereocenters. The smallest absolute Gasteiger partial charge is 0.406 e. The molecule has 0 radical (unpaired) electrons. The van der Waals surface area contributed by atoms with E-state index < -0.39 is 77.5 Å². The number of fused-ring (bicyclic) bond motifs is 1. The lowest BCUT2D eigenvalue weighted by Crippen LogP contribution is -2.52. The van der Waals surface area contributed by atoms with Crippen molar-refractivity contribution in [2.75, 3.05) is 0 Å². The summed E-state index contributed by atoms with van der Waals surface area (Å²) in [4.78, 5) is 49.9. The van der Waals surface area contributed by atoms with Crippen LogP contribution >= 0.6 is 0 Å². The maximum absolute atomic E-state index is 15.3. The first-order chi connectivity index (χ1) is 17.7. The van der Waals surface area contributed by atoms with E-state index >= 15 is 4.39 Å². The Labute approximate surface area is 208 Å². The largest absolute Gasteiger partial charge is 0.573 e. The summed E-state index contributed by atoms with van der Waals surface area (Å²) in [6.07, 6.45) is -10.3. The van der Waals surface area contributed by atoms with Crippen molar-refractivity contribution in [1.29, 1.82) is 0 Å². The highest BCUT2D eigenvalue weighted by molar-refractivity contribution is 6.06. The second kappa shape index (κ2) is 9.61. The summed E-state index contributed by atoms with van der Waals surface area (Å²) < 4.78 is 97.0. The van der Waals surface area contributed by atoms with Crippen LogP contribution in [-0.4, -0.2) is 47.1 Å². The van der Waals surface area contributed by atoms with E-state index in [4.69, 9.17) is 0 Å². The SMILES string of the molecule is O=C1CCC(N2Cc3c(ccc(C(=O)NC(c4ccc(OC(F)(F)F)cc4)C(F)(F)F)c3F)C2=O)C(=O)N1. The molecule has 0 saturated carbocycles. The molecule has 2 unspecified atom stereocenters. The zero-order valence-electron chi connectivity index (χ0n) is 18.9. The second-order valence-electron chi connectivity index (χ2n) is 8.42. The summed E-state index contributed by atoms with van der Waals surface area (Å²) in [7, 11) is 0. The predicted octanol–water partition coefficient (Wildman–Crippen LogP) is 3.52. The van der Waals surface area contributed by atoms with E-state index in [0.29, 0.717) is 24.3 Å². The van der Waals surface area contributed by atoms with Gasteiger partial charge < -0.3 is 15.0 Å². The van der Waals surface area contributed by atoms with Crippen molar-refractivity contribution in [3.05, 3.63) is 64.5 Å². The predicted molar refractivity (Wildman–Crippen MR) is 112 cm³/mol. The van der Waals surface area contributed by atoms with Crippen LogP contribution in [0.1, 0.15) is 50.7 Å². The minimum Gasteiger partial charge on any atom is -0.406 e. The van der Waals surface area contributed by atoms with Crippen LogP contribution in [0.5, 0.6) is 5.75 Å². The number of carbonyl (C=O) groups is 4. The van der Waals surface area contributed by atoms with E-state index in [0.717, 1.165) is 17.0 Å². The lowest BCUT2D eigenvalue weighted by molar-refractivity contribution is -0.274. The minimum atomic E-state index is -5.12. The summed E-state index contributed by atoms with van der Waals surface area (Å²) >= 11 is 0. The van der Waals surface area contributed by atoms with Gasteiger partial charge in [-0.15, -0.1) is 13.2 Å². The van der Waals surface area contributed by atoms with E-state index in [1.54, 1.807) is 5.32 Å². The number of imide groups is 1. The fraction of sp³-hybridized carbons (Fsp3) is 0.304. The molecule has 0 aliphatic carbocycles. The van der Waals surface area contributed by atoms with Crippen LogP contribution in [0.3, 0.4) is 0 Å². The summed E-state index contributed by atoms with van der Waals surface area (Å²) in [5.74, 6) is -5.63. The fourth-order valence-electron chi connectivity index (χ4n) is 4.20. The molecule has 2 aromatic rings. The molecule has 2 N–H and O–H groups in total. The zero-order valence-corrected chi connectivity index (χ0v) is 18.9. The van der Waals surface area contributed by atoms with Crippen molar-refractivity contribution in [2.24, 2.45) is 0 Å². The van der Waals surface area contributed by atoms with Gasteiger partial charge in [-0.25, -0.2) is 4.39 Å². The van der Waals surface area contributed by atoms with Gasteiger partial charge in [0, 0.05) is 17.5 Å². The van der Waals surface area contributed by atoms with E-state index in [2.05, 4.69) is 10.1 Å². The first-order valence-electron chi connectivity index (χ1n) is 10.8. The van der Waals surface area contributed by atoms with Gasteiger partial charge in [0.2, 0.25) is 11.8 Å². The number of nitrogens with one attached hydrogen (secondary N) is 2. The number of nitrogens with zero attached hydrogens (tertiary/aromatic N) is 1. The van der Waals surface area contributed by atoms with Crippen molar-refractivity contribution in [2.45, 2.75) is 44.0 Å². The topological polar surface area (TPSA) is 105 Å². The average molecular weight is 547 g/mol. The van der Waals surface area contributed by atoms with Crippen LogP contribution in [0, 0.1) is 5.82 Å².